The van der Waals surface area contributed by atoms with Crippen molar-refractivity contribution in [3.05, 3.63) is 30.3 Å². The molecular formula is C15H26NO3P. The van der Waals surface area contributed by atoms with Gasteiger partial charge < -0.3 is 9.26 Å². The fourth-order valence-electron chi connectivity index (χ4n) is 1.33. The highest BCUT2D eigenvalue weighted by Crippen LogP contribution is 2.30. The standard InChI is InChI=1S/C13H20NO3P.C2H6/c1-10(2)16-13(15)11(3)14-18(4)17-12-8-6-5-7-9-12;1-2/h5-11,14H,1-4H3;1-2H3. The highest BCUT2D eigenvalue weighted by Gasteiger charge is 2.18. The molecule has 0 saturated carbocycles. The summed E-state index contributed by atoms with van der Waals surface area (Å²) < 4.78 is 10.8. The molecule has 0 fully saturated rings. The third-order valence-electron chi connectivity index (χ3n) is 2.07. The van der Waals surface area contributed by atoms with Gasteiger partial charge in [-0.05, 0) is 32.9 Å². The molecule has 0 heterocycles. The molecule has 0 aliphatic rings. The number of carbonyl (C=O) groups is 1. The lowest BCUT2D eigenvalue weighted by molar-refractivity contribution is -0.148. The van der Waals surface area contributed by atoms with Crippen LogP contribution in [0.4, 0.5) is 0 Å². The maximum Gasteiger partial charge on any atom is 0.323 e. The highest BCUT2D eigenvalue weighted by molar-refractivity contribution is 7.49. The van der Waals surface area contributed by atoms with Crippen molar-refractivity contribution in [2.45, 2.75) is 46.8 Å². The number of nitrogens with one attached hydrogen (secondary N) is 1. The van der Waals surface area contributed by atoms with Crippen LogP contribution < -0.4 is 9.61 Å². The first-order chi connectivity index (χ1) is 9.49. The van der Waals surface area contributed by atoms with E-state index < -0.39 is 8.30 Å². The van der Waals surface area contributed by atoms with E-state index in [9.17, 15) is 4.79 Å². The lowest BCUT2D eigenvalue weighted by Gasteiger charge is -2.20. The third-order valence-corrected chi connectivity index (χ3v) is 3.30. The fraction of sp³-hybridized carbons (Fsp3) is 0.533. The van der Waals surface area contributed by atoms with Gasteiger partial charge in [-0.25, -0.2) is 0 Å². The molecule has 0 radical (unpaired) electrons. The zero-order valence-electron chi connectivity index (χ0n) is 13.2. The van der Waals surface area contributed by atoms with Crippen LogP contribution in [0.15, 0.2) is 30.3 Å². The van der Waals surface area contributed by atoms with Crippen molar-refractivity contribution in [2.24, 2.45) is 0 Å². The zero-order valence-corrected chi connectivity index (χ0v) is 14.1. The van der Waals surface area contributed by atoms with Gasteiger partial charge in [-0.1, -0.05) is 32.0 Å². The summed E-state index contributed by atoms with van der Waals surface area (Å²) in [7, 11) is -0.905. The summed E-state index contributed by atoms with van der Waals surface area (Å²) in [5, 5.41) is 3.10. The summed E-state index contributed by atoms with van der Waals surface area (Å²) in [6.07, 6.45) is -0.0973. The van der Waals surface area contributed by atoms with Gasteiger partial charge in [-0.3, -0.25) is 9.88 Å². The molecule has 0 aliphatic heterocycles. The fourth-order valence-corrected chi connectivity index (χ4v) is 2.47. The van der Waals surface area contributed by atoms with Crippen molar-refractivity contribution >= 4 is 14.3 Å². The molecule has 1 rings (SSSR count). The van der Waals surface area contributed by atoms with Crippen molar-refractivity contribution in [2.75, 3.05) is 6.66 Å². The van der Waals surface area contributed by atoms with Gasteiger partial charge in [0, 0.05) is 6.66 Å². The van der Waals surface area contributed by atoms with Crippen LogP contribution in [0.3, 0.4) is 0 Å². The van der Waals surface area contributed by atoms with Gasteiger partial charge >= 0.3 is 5.97 Å². The molecule has 1 aromatic carbocycles. The molecule has 2 atom stereocenters. The monoisotopic (exact) mass is 299 g/mol. The van der Waals surface area contributed by atoms with Crippen molar-refractivity contribution in [3.8, 4) is 5.75 Å². The van der Waals surface area contributed by atoms with Gasteiger partial charge in [0.25, 0.3) is 0 Å². The van der Waals surface area contributed by atoms with Crippen LogP contribution in [-0.4, -0.2) is 24.8 Å². The molecule has 0 aliphatic carbocycles. The summed E-state index contributed by atoms with van der Waals surface area (Å²) >= 11 is 0. The number of ether oxygens (including phenoxy) is 1. The zero-order chi connectivity index (χ0) is 15.5. The highest BCUT2D eigenvalue weighted by atomic mass is 31.2. The van der Waals surface area contributed by atoms with Gasteiger partial charge in [0.2, 0.25) is 0 Å². The minimum absolute atomic E-state index is 0.0973. The number of benzene rings is 1. The molecule has 0 aromatic heterocycles. The molecule has 0 bridgehead atoms. The molecule has 1 aromatic rings. The maximum atomic E-state index is 11.6. The van der Waals surface area contributed by atoms with E-state index in [1.165, 1.54) is 0 Å². The number of esters is 1. The average Bonchev–Trinajstić information content (AvgIpc) is 2.41. The van der Waals surface area contributed by atoms with Crippen LogP contribution >= 0.6 is 8.30 Å². The first kappa shape index (κ1) is 18.9. The smallest absolute Gasteiger partial charge is 0.323 e. The molecule has 2 unspecified atom stereocenters. The van der Waals surface area contributed by atoms with Crippen molar-refractivity contribution in [3.63, 3.8) is 0 Å². The largest absolute Gasteiger partial charge is 0.462 e. The Labute approximate surface area is 123 Å². The Morgan fingerprint density at radius 2 is 1.70 bits per heavy atom. The Kier molecular flexibility index (Phi) is 10.0. The summed E-state index contributed by atoms with van der Waals surface area (Å²) in [5.74, 6) is 0.541. The van der Waals surface area contributed by atoms with Crippen LogP contribution in [0.25, 0.3) is 0 Å². The topological polar surface area (TPSA) is 47.6 Å². The third kappa shape index (κ3) is 8.13. The van der Waals surface area contributed by atoms with E-state index in [2.05, 4.69) is 5.09 Å². The van der Waals surface area contributed by atoms with E-state index in [0.29, 0.717) is 0 Å². The molecular weight excluding hydrogens is 273 g/mol. The van der Waals surface area contributed by atoms with Crippen molar-refractivity contribution in [1.82, 2.24) is 5.09 Å². The predicted molar refractivity (Wildman–Crippen MR) is 85.1 cm³/mol. The molecule has 20 heavy (non-hydrogen) atoms. The van der Waals surface area contributed by atoms with Gasteiger partial charge in [0.15, 0.2) is 8.30 Å². The second kappa shape index (κ2) is 10.6. The molecule has 0 amide bonds. The summed E-state index contributed by atoms with van der Waals surface area (Å²) in [6.45, 7) is 11.4. The number of carbonyl (C=O) groups excluding carboxylic acids is 1. The van der Waals surface area contributed by atoms with Gasteiger partial charge in [-0.2, -0.15) is 0 Å². The normalized spacial score (nSPS) is 12.9. The van der Waals surface area contributed by atoms with E-state index in [-0.39, 0.29) is 18.1 Å². The Bertz CT molecular complexity index is 371. The van der Waals surface area contributed by atoms with Crippen molar-refractivity contribution in [1.29, 1.82) is 0 Å². The summed E-state index contributed by atoms with van der Waals surface area (Å²) in [6, 6.07) is 9.16. The number of hydrogen-bond donors (Lipinski definition) is 1. The maximum absolute atomic E-state index is 11.6. The number of hydrogen-bond acceptors (Lipinski definition) is 4. The van der Waals surface area contributed by atoms with E-state index in [4.69, 9.17) is 9.26 Å². The quantitative estimate of drug-likeness (QED) is 0.638. The molecule has 0 spiro atoms. The Morgan fingerprint density at radius 1 is 1.15 bits per heavy atom. The van der Waals surface area contributed by atoms with Crippen LogP contribution in [0, 0.1) is 0 Å². The second-order valence-electron chi connectivity index (χ2n) is 4.24. The van der Waals surface area contributed by atoms with E-state index in [1.807, 2.05) is 64.7 Å². The molecule has 1 N–H and O–H groups in total. The molecule has 5 heteroatoms. The minimum Gasteiger partial charge on any atom is -0.462 e. The van der Waals surface area contributed by atoms with Crippen LogP contribution in [0.1, 0.15) is 34.6 Å². The predicted octanol–water partition coefficient (Wildman–Crippen LogP) is 3.96. The summed E-state index contributed by atoms with van der Waals surface area (Å²) in [5.41, 5.74) is 0. The van der Waals surface area contributed by atoms with E-state index in [1.54, 1.807) is 6.92 Å². The second-order valence-corrected chi connectivity index (χ2v) is 5.67. The summed E-state index contributed by atoms with van der Waals surface area (Å²) in [4.78, 5) is 11.6. The lowest BCUT2D eigenvalue weighted by Crippen LogP contribution is -2.34. The Morgan fingerprint density at radius 3 is 2.20 bits per heavy atom. The van der Waals surface area contributed by atoms with Crippen LogP contribution in [-0.2, 0) is 9.53 Å². The average molecular weight is 299 g/mol. The first-order valence-electron chi connectivity index (χ1n) is 6.92. The van der Waals surface area contributed by atoms with Crippen LogP contribution in [0.2, 0.25) is 0 Å². The first-order valence-corrected chi connectivity index (χ1v) is 8.63. The number of rotatable bonds is 6. The Hall–Kier alpha value is -1.12. The van der Waals surface area contributed by atoms with Crippen molar-refractivity contribution < 1.29 is 14.1 Å². The number of para-hydroxylation sites is 1. The van der Waals surface area contributed by atoms with E-state index >= 15 is 0 Å². The SMILES string of the molecule is CC.CC(C)OC(=O)C(C)NP(C)Oc1ccccc1. The van der Waals surface area contributed by atoms with Gasteiger partial charge in [0.1, 0.15) is 11.8 Å². The van der Waals surface area contributed by atoms with Gasteiger partial charge in [0.05, 0.1) is 6.10 Å². The lowest BCUT2D eigenvalue weighted by atomic mass is 10.3. The molecule has 4 nitrogen and oxygen atoms in total. The van der Waals surface area contributed by atoms with E-state index in [0.717, 1.165) is 5.75 Å². The van der Waals surface area contributed by atoms with Gasteiger partial charge in [-0.15, -0.1) is 0 Å². The van der Waals surface area contributed by atoms with Crippen LogP contribution in [0.5, 0.6) is 5.75 Å². The Balaban J connectivity index is 0.00000172. The molecule has 0 saturated heterocycles. The molecule has 114 valence electrons. The minimum atomic E-state index is -0.905.